The number of hydrogen-bond acceptors (Lipinski definition) is 1. The Labute approximate surface area is 63.8 Å². The normalized spacial score (nSPS) is 16.1. The Kier molecular flexibility index (Phi) is 3.66. The molecule has 1 nitrogen and oxygen atoms in total. The van der Waals surface area contributed by atoms with Gasteiger partial charge in [-0.3, -0.25) is 0 Å². The molecule has 0 heterocycles. The molecule has 60 valence electrons. The number of aliphatic hydroxyl groups excluding tert-OH is 1. The molecule has 1 N–H and O–H groups in total. The molecule has 0 aromatic rings. The van der Waals surface area contributed by atoms with Crippen molar-refractivity contribution in [2.45, 2.75) is 40.2 Å². The fourth-order valence-electron chi connectivity index (χ4n) is 0.619. The van der Waals surface area contributed by atoms with E-state index in [4.69, 9.17) is 5.11 Å². The fraction of sp³-hybridized carbons (Fsp3) is 0.778. The van der Waals surface area contributed by atoms with Gasteiger partial charge in [0.2, 0.25) is 0 Å². The summed E-state index contributed by atoms with van der Waals surface area (Å²) in [6, 6.07) is 0. The summed E-state index contributed by atoms with van der Waals surface area (Å²) >= 11 is 0. The SMILES string of the molecule is CC(O)C/C=C/C(C)(C)C. The summed E-state index contributed by atoms with van der Waals surface area (Å²) in [5.74, 6) is 0. The van der Waals surface area contributed by atoms with Gasteiger partial charge in [-0.15, -0.1) is 0 Å². The number of rotatable bonds is 2. The molecular weight excluding hydrogens is 124 g/mol. The third-order valence-corrected chi connectivity index (χ3v) is 1.10. The second kappa shape index (κ2) is 3.77. The van der Waals surface area contributed by atoms with Crippen LogP contribution in [0.2, 0.25) is 0 Å². The maximum absolute atomic E-state index is 8.90. The molecule has 0 bridgehead atoms. The highest BCUT2D eigenvalue weighted by Crippen LogP contribution is 2.14. The van der Waals surface area contributed by atoms with Crippen molar-refractivity contribution in [3.8, 4) is 0 Å². The highest BCUT2D eigenvalue weighted by Gasteiger charge is 2.02. The molecule has 0 saturated heterocycles. The monoisotopic (exact) mass is 142 g/mol. The number of allylic oxidation sites excluding steroid dienone is 1. The minimum absolute atomic E-state index is 0.210. The first-order valence-corrected chi connectivity index (χ1v) is 3.77. The van der Waals surface area contributed by atoms with Crippen LogP contribution in [0, 0.1) is 5.41 Å². The lowest BCUT2D eigenvalue weighted by molar-refractivity contribution is 0.198. The molecule has 0 saturated carbocycles. The summed E-state index contributed by atoms with van der Waals surface area (Å²) in [6.45, 7) is 8.23. The molecule has 1 unspecified atom stereocenters. The van der Waals surface area contributed by atoms with Crippen molar-refractivity contribution in [3.05, 3.63) is 12.2 Å². The van der Waals surface area contributed by atoms with Crippen LogP contribution in [-0.4, -0.2) is 11.2 Å². The molecule has 0 aromatic heterocycles. The van der Waals surface area contributed by atoms with E-state index in [0.29, 0.717) is 0 Å². The van der Waals surface area contributed by atoms with Gasteiger partial charge < -0.3 is 5.11 Å². The van der Waals surface area contributed by atoms with Crippen molar-refractivity contribution in [2.75, 3.05) is 0 Å². The summed E-state index contributed by atoms with van der Waals surface area (Å²) in [7, 11) is 0. The fourth-order valence-corrected chi connectivity index (χ4v) is 0.619. The molecular formula is C9H18O. The Morgan fingerprint density at radius 1 is 1.40 bits per heavy atom. The van der Waals surface area contributed by atoms with E-state index in [2.05, 4.69) is 26.8 Å². The van der Waals surface area contributed by atoms with Gasteiger partial charge in [0.1, 0.15) is 0 Å². The highest BCUT2D eigenvalue weighted by atomic mass is 16.3. The van der Waals surface area contributed by atoms with Crippen molar-refractivity contribution in [1.29, 1.82) is 0 Å². The third kappa shape index (κ3) is 7.70. The first-order chi connectivity index (χ1) is 4.42. The van der Waals surface area contributed by atoms with Crippen LogP contribution >= 0.6 is 0 Å². The van der Waals surface area contributed by atoms with Crippen LogP contribution in [-0.2, 0) is 0 Å². The van der Waals surface area contributed by atoms with Crippen molar-refractivity contribution in [1.82, 2.24) is 0 Å². The van der Waals surface area contributed by atoms with Gasteiger partial charge in [-0.05, 0) is 18.8 Å². The van der Waals surface area contributed by atoms with E-state index in [1.165, 1.54) is 0 Å². The van der Waals surface area contributed by atoms with Gasteiger partial charge in [-0.1, -0.05) is 32.9 Å². The van der Waals surface area contributed by atoms with Gasteiger partial charge in [0, 0.05) is 0 Å². The van der Waals surface area contributed by atoms with Crippen LogP contribution in [0.15, 0.2) is 12.2 Å². The van der Waals surface area contributed by atoms with E-state index in [0.717, 1.165) is 6.42 Å². The predicted molar refractivity (Wildman–Crippen MR) is 44.9 cm³/mol. The molecule has 0 rings (SSSR count). The molecule has 0 aliphatic rings. The van der Waals surface area contributed by atoms with Crippen LogP contribution in [0.3, 0.4) is 0 Å². The molecule has 0 radical (unpaired) electrons. The van der Waals surface area contributed by atoms with Crippen LogP contribution in [0.5, 0.6) is 0 Å². The minimum atomic E-state index is -0.210. The van der Waals surface area contributed by atoms with Crippen LogP contribution in [0.4, 0.5) is 0 Å². The van der Waals surface area contributed by atoms with Gasteiger partial charge in [0.05, 0.1) is 6.10 Å². The molecule has 1 heteroatoms. The average molecular weight is 142 g/mol. The van der Waals surface area contributed by atoms with Gasteiger partial charge in [-0.25, -0.2) is 0 Å². The van der Waals surface area contributed by atoms with Crippen LogP contribution in [0.1, 0.15) is 34.1 Å². The first kappa shape index (κ1) is 9.70. The molecule has 0 aliphatic heterocycles. The van der Waals surface area contributed by atoms with Gasteiger partial charge in [0.15, 0.2) is 0 Å². The van der Waals surface area contributed by atoms with Crippen molar-refractivity contribution < 1.29 is 5.11 Å². The maximum atomic E-state index is 8.90. The zero-order valence-corrected chi connectivity index (χ0v) is 7.39. The average Bonchev–Trinajstić information content (AvgIpc) is 1.59. The summed E-state index contributed by atoms with van der Waals surface area (Å²) < 4.78 is 0. The van der Waals surface area contributed by atoms with E-state index < -0.39 is 0 Å². The summed E-state index contributed by atoms with van der Waals surface area (Å²) in [6.07, 6.45) is 4.71. The standard InChI is InChI=1S/C9H18O/c1-8(10)6-5-7-9(2,3)4/h5,7-8,10H,6H2,1-4H3/b7-5+. The Morgan fingerprint density at radius 3 is 2.20 bits per heavy atom. The van der Waals surface area contributed by atoms with Crippen molar-refractivity contribution >= 4 is 0 Å². The molecule has 0 aliphatic carbocycles. The lowest BCUT2D eigenvalue weighted by Gasteiger charge is -2.11. The maximum Gasteiger partial charge on any atom is 0.0546 e. The predicted octanol–water partition coefficient (Wildman–Crippen LogP) is 2.36. The molecule has 1 atom stereocenters. The molecule has 10 heavy (non-hydrogen) atoms. The van der Waals surface area contributed by atoms with Gasteiger partial charge >= 0.3 is 0 Å². The molecule has 0 aromatic carbocycles. The van der Waals surface area contributed by atoms with Crippen LogP contribution in [0.25, 0.3) is 0 Å². The minimum Gasteiger partial charge on any atom is -0.393 e. The van der Waals surface area contributed by atoms with E-state index in [-0.39, 0.29) is 11.5 Å². The van der Waals surface area contributed by atoms with Crippen molar-refractivity contribution in [3.63, 3.8) is 0 Å². The van der Waals surface area contributed by atoms with E-state index in [9.17, 15) is 0 Å². The summed E-state index contributed by atoms with van der Waals surface area (Å²) in [4.78, 5) is 0. The number of aliphatic hydroxyl groups is 1. The lowest BCUT2D eigenvalue weighted by atomic mass is 9.96. The Balaban J connectivity index is 3.57. The molecule has 0 spiro atoms. The lowest BCUT2D eigenvalue weighted by Crippen LogP contribution is -2.01. The summed E-state index contributed by atoms with van der Waals surface area (Å²) in [5.41, 5.74) is 0.245. The van der Waals surface area contributed by atoms with Crippen LogP contribution < -0.4 is 0 Å². The summed E-state index contributed by atoms with van der Waals surface area (Å²) in [5, 5.41) is 8.90. The van der Waals surface area contributed by atoms with Gasteiger partial charge in [0.25, 0.3) is 0 Å². The Morgan fingerprint density at radius 2 is 1.90 bits per heavy atom. The zero-order chi connectivity index (χ0) is 8.20. The largest absolute Gasteiger partial charge is 0.393 e. The topological polar surface area (TPSA) is 20.2 Å². The third-order valence-electron chi connectivity index (χ3n) is 1.10. The second-order valence-electron chi connectivity index (χ2n) is 3.85. The van der Waals surface area contributed by atoms with E-state index >= 15 is 0 Å². The van der Waals surface area contributed by atoms with E-state index in [1.807, 2.05) is 6.08 Å². The smallest absolute Gasteiger partial charge is 0.0546 e. The van der Waals surface area contributed by atoms with E-state index in [1.54, 1.807) is 6.92 Å². The molecule has 0 amide bonds. The number of hydrogen-bond donors (Lipinski definition) is 1. The Hall–Kier alpha value is -0.300. The molecule has 0 fully saturated rings. The highest BCUT2D eigenvalue weighted by molar-refractivity contribution is 4.92. The first-order valence-electron chi connectivity index (χ1n) is 3.77. The Bertz CT molecular complexity index is 106. The quantitative estimate of drug-likeness (QED) is 0.587. The van der Waals surface area contributed by atoms with Gasteiger partial charge in [-0.2, -0.15) is 0 Å². The second-order valence-corrected chi connectivity index (χ2v) is 3.85. The zero-order valence-electron chi connectivity index (χ0n) is 7.39. The van der Waals surface area contributed by atoms with Crippen molar-refractivity contribution in [2.24, 2.45) is 5.41 Å².